The molecule has 3 atom stereocenters. The summed E-state index contributed by atoms with van der Waals surface area (Å²) in [5.74, 6) is -0.288. The van der Waals surface area contributed by atoms with Gasteiger partial charge in [0.05, 0.1) is 12.2 Å². The lowest BCUT2D eigenvalue weighted by Gasteiger charge is -2.09. The van der Waals surface area contributed by atoms with Crippen LogP contribution in [-0.2, 0) is 9.53 Å². The molecule has 1 aromatic heterocycles. The topological polar surface area (TPSA) is 55.4 Å². The largest absolute Gasteiger partial charge is 0.462 e. The molecule has 3 aromatic rings. The van der Waals surface area contributed by atoms with Crippen LogP contribution in [0.3, 0.4) is 0 Å². The van der Waals surface area contributed by atoms with Crippen LogP contribution in [0.4, 0.5) is 5.00 Å². The number of hydrogen-bond donors (Lipinski definition) is 1. The minimum absolute atomic E-state index is 0.0636. The highest BCUT2D eigenvalue weighted by molar-refractivity contribution is 7.16. The Hall–Kier alpha value is -2.63. The zero-order chi connectivity index (χ0) is 22.0. The molecule has 1 saturated carbocycles. The number of ether oxygens (including phenoxy) is 1. The van der Waals surface area contributed by atoms with E-state index in [1.807, 2.05) is 48.5 Å². The maximum absolute atomic E-state index is 12.9. The lowest BCUT2D eigenvalue weighted by Crippen LogP contribution is -2.16. The summed E-state index contributed by atoms with van der Waals surface area (Å²) in [6.07, 6.45) is 0.793. The van der Waals surface area contributed by atoms with Crippen molar-refractivity contribution in [2.45, 2.75) is 32.1 Å². The van der Waals surface area contributed by atoms with E-state index in [1.165, 1.54) is 11.3 Å². The number of thiophene rings is 1. The summed E-state index contributed by atoms with van der Waals surface area (Å²) in [5, 5.41) is 4.24. The van der Waals surface area contributed by atoms with E-state index in [2.05, 4.69) is 24.4 Å². The van der Waals surface area contributed by atoms with Crippen LogP contribution in [-0.4, -0.2) is 18.5 Å². The number of hydrogen-bond acceptors (Lipinski definition) is 4. The van der Waals surface area contributed by atoms with Gasteiger partial charge in [-0.25, -0.2) is 4.79 Å². The molecular weight excluding hydrogens is 430 g/mol. The van der Waals surface area contributed by atoms with Gasteiger partial charge in [0.2, 0.25) is 5.91 Å². The standard InChI is InChI=1S/C25H24ClNO3S/c1-3-30-25(29)21-14-22(15(2)16-7-5-4-6-8-16)31-24(21)27-23(28)20-13-19(20)17-9-11-18(26)12-10-17/h4-12,14-15,19-20H,3,13H2,1-2H3,(H,27,28)/t15-,19+,20+/m0/s1. The molecule has 1 aliphatic carbocycles. The van der Waals surface area contributed by atoms with Crippen LogP contribution < -0.4 is 5.32 Å². The van der Waals surface area contributed by atoms with Crippen LogP contribution in [0.15, 0.2) is 60.7 Å². The van der Waals surface area contributed by atoms with Crippen molar-refractivity contribution in [2.24, 2.45) is 5.92 Å². The second-order valence-electron chi connectivity index (χ2n) is 7.73. The highest BCUT2D eigenvalue weighted by atomic mass is 35.5. The van der Waals surface area contributed by atoms with Crippen molar-refractivity contribution in [1.82, 2.24) is 0 Å². The summed E-state index contributed by atoms with van der Waals surface area (Å²) >= 11 is 7.41. The molecule has 160 valence electrons. The predicted molar refractivity (Wildman–Crippen MR) is 125 cm³/mol. The van der Waals surface area contributed by atoms with Gasteiger partial charge in [0.1, 0.15) is 5.00 Å². The summed E-state index contributed by atoms with van der Waals surface area (Å²) < 4.78 is 5.23. The van der Waals surface area contributed by atoms with Crippen LogP contribution in [0.25, 0.3) is 0 Å². The van der Waals surface area contributed by atoms with Crippen molar-refractivity contribution in [2.75, 3.05) is 11.9 Å². The van der Waals surface area contributed by atoms with Gasteiger partial charge in [-0.1, -0.05) is 61.0 Å². The fourth-order valence-electron chi connectivity index (χ4n) is 3.75. The second kappa shape index (κ2) is 9.25. The quantitative estimate of drug-likeness (QED) is 0.417. The minimum atomic E-state index is -0.411. The summed E-state index contributed by atoms with van der Waals surface area (Å²) in [5.41, 5.74) is 2.68. The van der Waals surface area contributed by atoms with E-state index in [9.17, 15) is 9.59 Å². The minimum Gasteiger partial charge on any atom is -0.462 e. The molecule has 1 fully saturated rings. The highest BCUT2D eigenvalue weighted by Gasteiger charge is 2.44. The number of carbonyl (C=O) groups excluding carboxylic acids is 2. The SMILES string of the molecule is CCOC(=O)c1cc([C@@H](C)c2ccccc2)sc1NC(=O)[C@@H]1C[C@@H]1c1ccc(Cl)cc1. The molecule has 4 nitrogen and oxygen atoms in total. The van der Waals surface area contributed by atoms with E-state index in [-0.39, 0.29) is 30.3 Å². The first-order valence-corrected chi connectivity index (χ1v) is 11.6. The molecule has 31 heavy (non-hydrogen) atoms. The van der Waals surface area contributed by atoms with Crippen molar-refractivity contribution >= 4 is 39.8 Å². The van der Waals surface area contributed by atoms with Crippen LogP contribution in [0.5, 0.6) is 0 Å². The van der Waals surface area contributed by atoms with Crippen molar-refractivity contribution in [3.05, 3.63) is 87.3 Å². The Morgan fingerprint density at radius 3 is 2.55 bits per heavy atom. The van der Waals surface area contributed by atoms with E-state index >= 15 is 0 Å². The van der Waals surface area contributed by atoms with Crippen LogP contribution in [0, 0.1) is 5.92 Å². The second-order valence-corrected chi connectivity index (χ2v) is 9.25. The van der Waals surface area contributed by atoms with E-state index in [1.54, 1.807) is 6.92 Å². The van der Waals surface area contributed by atoms with Crippen molar-refractivity contribution in [1.29, 1.82) is 0 Å². The third-order valence-corrected chi connectivity index (χ3v) is 7.12. The number of halogens is 1. The Morgan fingerprint density at radius 2 is 1.87 bits per heavy atom. The smallest absolute Gasteiger partial charge is 0.341 e. The number of rotatable bonds is 7. The van der Waals surface area contributed by atoms with Crippen LogP contribution in [0.2, 0.25) is 5.02 Å². The number of anilines is 1. The monoisotopic (exact) mass is 453 g/mol. The third kappa shape index (κ3) is 4.83. The van der Waals surface area contributed by atoms with Crippen LogP contribution in [0.1, 0.15) is 58.5 Å². The number of carbonyl (C=O) groups is 2. The first-order chi connectivity index (χ1) is 15.0. The summed E-state index contributed by atoms with van der Waals surface area (Å²) in [6.45, 7) is 4.16. The van der Waals surface area contributed by atoms with Crippen molar-refractivity contribution < 1.29 is 14.3 Å². The molecular formula is C25H24ClNO3S. The van der Waals surface area contributed by atoms with E-state index in [0.29, 0.717) is 15.6 Å². The number of esters is 1. The lowest BCUT2D eigenvalue weighted by molar-refractivity contribution is -0.117. The molecule has 1 aliphatic rings. The first-order valence-electron chi connectivity index (χ1n) is 10.4. The summed E-state index contributed by atoms with van der Waals surface area (Å²) in [6, 6.07) is 19.6. The third-order valence-electron chi connectivity index (χ3n) is 5.63. The van der Waals surface area contributed by atoms with Gasteiger partial charge in [-0.15, -0.1) is 11.3 Å². The van der Waals surface area contributed by atoms with Gasteiger partial charge in [0.15, 0.2) is 0 Å². The van der Waals surface area contributed by atoms with Crippen molar-refractivity contribution in [3.8, 4) is 0 Å². The van der Waals surface area contributed by atoms with E-state index in [0.717, 1.165) is 22.4 Å². The number of benzene rings is 2. The number of amides is 1. The lowest BCUT2D eigenvalue weighted by atomic mass is 9.99. The Kier molecular flexibility index (Phi) is 6.44. The Balaban J connectivity index is 1.54. The molecule has 0 bridgehead atoms. The first kappa shape index (κ1) is 21.6. The number of nitrogens with one attached hydrogen (secondary N) is 1. The molecule has 0 radical (unpaired) electrons. The van der Waals surface area contributed by atoms with Gasteiger partial charge >= 0.3 is 5.97 Å². The molecule has 1 heterocycles. The van der Waals surface area contributed by atoms with Gasteiger partial charge in [0.25, 0.3) is 0 Å². The zero-order valence-corrected chi connectivity index (χ0v) is 19.0. The average Bonchev–Trinajstić information content (AvgIpc) is 3.47. The van der Waals surface area contributed by atoms with E-state index < -0.39 is 5.97 Å². The Labute approximate surface area is 191 Å². The van der Waals surface area contributed by atoms with Gasteiger partial charge in [-0.05, 0) is 48.6 Å². The van der Waals surface area contributed by atoms with Gasteiger partial charge in [-0.3, -0.25) is 4.79 Å². The molecule has 0 spiro atoms. The van der Waals surface area contributed by atoms with Crippen LogP contribution >= 0.6 is 22.9 Å². The molecule has 6 heteroatoms. The fourth-order valence-corrected chi connectivity index (χ4v) is 5.01. The normalized spacial score (nSPS) is 18.3. The molecule has 0 saturated heterocycles. The maximum Gasteiger partial charge on any atom is 0.341 e. The maximum atomic E-state index is 12.9. The molecule has 0 aliphatic heterocycles. The van der Waals surface area contributed by atoms with Gasteiger partial charge in [0, 0.05) is 21.7 Å². The molecule has 0 unspecified atom stereocenters. The molecule has 4 rings (SSSR count). The molecule has 2 aromatic carbocycles. The Morgan fingerprint density at radius 1 is 1.16 bits per heavy atom. The molecule has 1 amide bonds. The predicted octanol–water partition coefficient (Wildman–Crippen LogP) is 6.47. The summed E-state index contributed by atoms with van der Waals surface area (Å²) in [4.78, 5) is 26.5. The highest BCUT2D eigenvalue weighted by Crippen LogP contribution is 2.48. The van der Waals surface area contributed by atoms with Gasteiger partial charge in [-0.2, -0.15) is 0 Å². The molecule has 1 N–H and O–H groups in total. The summed E-state index contributed by atoms with van der Waals surface area (Å²) in [7, 11) is 0. The fraction of sp³-hybridized carbons (Fsp3) is 0.280. The Bertz CT molecular complexity index is 1080. The van der Waals surface area contributed by atoms with E-state index in [4.69, 9.17) is 16.3 Å². The van der Waals surface area contributed by atoms with Gasteiger partial charge < -0.3 is 10.1 Å². The van der Waals surface area contributed by atoms with Crippen molar-refractivity contribution in [3.63, 3.8) is 0 Å². The average molecular weight is 454 g/mol. The zero-order valence-electron chi connectivity index (χ0n) is 17.4.